The van der Waals surface area contributed by atoms with Crippen LogP contribution in [0.25, 0.3) is 10.9 Å². The SMILES string of the molecule is Cc1c(N2CC(N)C3COCC32)c(F)c(N)c2c(=O)c(C(=O)O)cn(C3CC3)c12. The van der Waals surface area contributed by atoms with Crippen molar-refractivity contribution in [3.8, 4) is 0 Å². The number of carboxylic acids is 1. The number of carbonyl (C=O) groups is 1. The second-order valence-electron chi connectivity index (χ2n) is 8.33. The third-order valence-corrected chi connectivity index (χ3v) is 6.57. The van der Waals surface area contributed by atoms with E-state index in [0.29, 0.717) is 36.5 Å². The monoisotopic (exact) mass is 402 g/mol. The minimum atomic E-state index is -1.34. The van der Waals surface area contributed by atoms with E-state index < -0.39 is 22.8 Å². The number of aromatic nitrogens is 1. The number of pyridine rings is 1. The van der Waals surface area contributed by atoms with Crippen LogP contribution in [0.4, 0.5) is 15.8 Å². The third-order valence-electron chi connectivity index (χ3n) is 6.57. The van der Waals surface area contributed by atoms with Crippen molar-refractivity contribution >= 4 is 28.2 Å². The van der Waals surface area contributed by atoms with Crippen LogP contribution in [0.5, 0.6) is 0 Å². The van der Waals surface area contributed by atoms with E-state index in [-0.39, 0.29) is 35.1 Å². The van der Waals surface area contributed by atoms with Gasteiger partial charge in [-0.2, -0.15) is 0 Å². The fraction of sp³-hybridized carbons (Fsp3) is 0.500. The molecule has 2 saturated heterocycles. The minimum Gasteiger partial charge on any atom is -0.477 e. The Balaban J connectivity index is 1.82. The van der Waals surface area contributed by atoms with Gasteiger partial charge in [0.25, 0.3) is 0 Å². The van der Waals surface area contributed by atoms with E-state index in [4.69, 9.17) is 16.2 Å². The van der Waals surface area contributed by atoms with Crippen molar-refractivity contribution < 1.29 is 19.0 Å². The van der Waals surface area contributed by atoms with Crippen molar-refractivity contribution in [2.75, 3.05) is 30.4 Å². The molecule has 29 heavy (non-hydrogen) atoms. The van der Waals surface area contributed by atoms with Crippen LogP contribution in [-0.4, -0.2) is 47.5 Å². The summed E-state index contributed by atoms with van der Waals surface area (Å²) < 4.78 is 22.9. The second-order valence-corrected chi connectivity index (χ2v) is 8.33. The summed E-state index contributed by atoms with van der Waals surface area (Å²) in [6.45, 7) is 3.24. The Morgan fingerprint density at radius 3 is 2.72 bits per heavy atom. The molecule has 154 valence electrons. The zero-order chi connectivity index (χ0) is 20.6. The number of hydrogen-bond donors (Lipinski definition) is 3. The molecule has 3 heterocycles. The predicted molar refractivity (Wildman–Crippen MR) is 106 cm³/mol. The first-order chi connectivity index (χ1) is 13.8. The topological polar surface area (TPSA) is 124 Å². The van der Waals surface area contributed by atoms with Crippen LogP contribution < -0.4 is 21.8 Å². The zero-order valence-corrected chi connectivity index (χ0v) is 16.0. The van der Waals surface area contributed by atoms with Crippen molar-refractivity contribution in [2.24, 2.45) is 11.7 Å². The number of nitrogens with two attached hydrogens (primary N) is 2. The average Bonchev–Trinajstić information content (AvgIpc) is 3.31. The molecule has 0 spiro atoms. The fourth-order valence-electron chi connectivity index (χ4n) is 4.96. The normalized spacial score (nSPS) is 26.3. The Labute approximate surface area is 165 Å². The summed E-state index contributed by atoms with van der Waals surface area (Å²) in [6.07, 6.45) is 3.11. The van der Waals surface area contributed by atoms with E-state index in [0.717, 1.165) is 12.8 Å². The minimum absolute atomic E-state index is 0.0468. The number of carboxylic acid groups (broad SMARTS) is 1. The summed E-state index contributed by atoms with van der Waals surface area (Å²) in [4.78, 5) is 26.4. The summed E-state index contributed by atoms with van der Waals surface area (Å²) in [5, 5.41) is 9.40. The van der Waals surface area contributed by atoms with E-state index >= 15 is 4.39 Å². The maximum absolute atomic E-state index is 15.5. The first-order valence-corrected chi connectivity index (χ1v) is 9.80. The highest BCUT2D eigenvalue weighted by Crippen LogP contribution is 2.44. The molecule has 1 aliphatic carbocycles. The smallest absolute Gasteiger partial charge is 0.341 e. The van der Waals surface area contributed by atoms with Crippen molar-refractivity contribution in [2.45, 2.75) is 37.9 Å². The largest absolute Gasteiger partial charge is 0.477 e. The van der Waals surface area contributed by atoms with Crippen LogP contribution in [0, 0.1) is 18.7 Å². The number of ether oxygens (including phenoxy) is 1. The van der Waals surface area contributed by atoms with Gasteiger partial charge in [0.1, 0.15) is 5.56 Å². The van der Waals surface area contributed by atoms with Crippen LogP contribution in [0.2, 0.25) is 0 Å². The predicted octanol–water partition coefficient (Wildman–Crippen LogP) is 1.23. The second kappa shape index (κ2) is 6.17. The van der Waals surface area contributed by atoms with Gasteiger partial charge in [-0.05, 0) is 25.3 Å². The maximum atomic E-state index is 15.5. The molecule has 1 aromatic carbocycles. The molecule has 0 radical (unpaired) electrons. The van der Waals surface area contributed by atoms with Gasteiger partial charge in [-0.25, -0.2) is 9.18 Å². The molecular weight excluding hydrogens is 379 g/mol. The molecule has 3 unspecified atom stereocenters. The number of aryl methyl sites for hydroxylation is 1. The molecule has 8 nitrogen and oxygen atoms in total. The zero-order valence-electron chi connectivity index (χ0n) is 16.0. The standard InChI is InChI=1S/C20H23FN4O4/c1-8-17-14(19(26)10(20(27)28)4-24(17)9-2-3-9)16(23)15(21)18(8)25-5-12(22)11-6-29-7-13(11)25/h4,9,11-13H,2-3,5-7,22-23H2,1H3,(H,27,28). The van der Waals surface area contributed by atoms with Crippen LogP contribution in [0.1, 0.15) is 34.8 Å². The number of nitrogens with zero attached hydrogens (tertiary/aromatic N) is 2. The number of anilines is 2. The lowest BCUT2D eigenvalue weighted by Crippen LogP contribution is -2.34. The first kappa shape index (κ1) is 18.4. The van der Waals surface area contributed by atoms with Crippen LogP contribution in [0.3, 0.4) is 0 Å². The number of fused-ring (bicyclic) bond motifs is 2. The number of nitrogen functional groups attached to an aromatic ring is 1. The lowest BCUT2D eigenvalue weighted by atomic mass is 9.99. The molecular formula is C20H23FN4O4. The van der Waals surface area contributed by atoms with Gasteiger partial charge in [0, 0.05) is 30.7 Å². The van der Waals surface area contributed by atoms with Crippen molar-refractivity contribution in [3.63, 3.8) is 0 Å². The molecule has 1 aromatic heterocycles. The van der Waals surface area contributed by atoms with Crippen LogP contribution in [-0.2, 0) is 4.74 Å². The van der Waals surface area contributed by atoms with Gasteiger partial charge < -0.3 is 30.8 Å². The lowest BCUT2D eigenvalue weighted by Gasteiger charge is -2.29. The fourth-order valence-corrected chi connectivity index (χ4v) is 4.96. The van der Waals surface area contributed by atoms with E-state index in [1.54, 1.807) is 11.5 Å². The first-order valence-electron chi connectivity index (χ1n) is 9.80. The lowest BCUT2D eigenvalue weighted by molar-refractivity contribution is 0.0695. The number of aromatic carboxylic acids is 1. The number of hydrogen-bond acceptors (Lipinski definition) is 6. The molecule has 3 atom stereocenters. The highest BCUT2D eigenvalue weighted by atomic mass is 19.1. The summed E-state index contributed by atoms with van der Waals surface area (Å²) in [5.74, 6) is -1.92. The van der Waals surface area contributed by atoms with Gasteiger partial charge in [-0.3, -0.25) is 4.79 Å². The molecule has 0 bridgehead atoms. The summed E-state index contributed by atoms with van der Waals surface area (Å²) in [6, 6.07) is -0.108. The highest BCUT2D eigenvalue weighted by Gasteiger charge is 2.45. The summed E-state index contributed by atoms with van der Waals surface area (Å²) in [5.41, 5.74) is 12.3. The van der Waals surface area contributed by atoms with E-state index in [2.05, 4.69) is 0 Å². The molecule has 0 amide bonds. The quantitative estimate of drug-likeness (QED) is 0.660. The van der Waals surface area contributed by atoms with Crippen molar-refractivity contribution in [1.82, 2.24) is 4.57 Å². The summed E-state index contributed by atoms with van der Waals surface area (Å²) in [7, 11) is 0. The Morgan fingerprint density at radius 1 is 1.34 bits per heavy atom. The molecule has 3 fully saturated rings. The molecule has 2 aliphatic heterocycles. The number of halogens is 1. The van der Waals surface area contributed by atoms with Gasteiger partial charge in [0.05, 0.1) is 41.5 Å². The van der Waals surface area contributed by atoms with Gasteiger partial charge in [0.2, 0.25) is 5.43 Å². The van der Waals surface area contributed by atoms with Gasteiger partial charge in [-0.1, -0.05) is 0 Å². The summed E-state index contributed by atoms with van der Waals surface area (Å²) >= 11 is 0. The maximum Gasteiger partial charge on any atom is 0.341 e. The van der Waals surface area contributed by atoms with Gasteiger partial charge in [0.15, 0.2) is 5.82 Å². The molecule has 2 aromatic rings. The highest BCUT2D eigenvalue weighted by molar-refractivity contribution is 6.01. The van der Waals surface area contributed by atoms with Gasteiger partial charge >= 0.3 is 5.97 Å². The Morgan fingerprint density at radius 2 is 2.07 bits per heavy atom. The molecule has 5 N–H and O–H groups in total. The van der Waals surface area contributed by atoms with E-state index in [1.165, 1.54) is 6.20 Å². The van der Waals surface area contributed by atoms with Crippen LogP contribution in [0.15, 0.2) is 11.0 Å². The molecule has 9 heteroatoms. The Bertz CT molecular complexity index is 1110. The Hall–Kier alpha value is -2.65. The number of rotatable bonds is 3. The van der Waals surface area contributed by atoms with E-state index in [9.17, 15) is 14.7 Å². The van der Waals surface area contributed by atoms with Crippen molar-refractivity contribution in [1.29, 1.82) is 0 Å². The van der Waals surface area contributed by atoms with Crippen LogP contribution >= 0.6 is 0 Å². The molecule has 5 rings (SSSR count). The van der Waals surface area contributed by atoms with E-state index in [1.807, 2.05) is 4.90 Å². The number of benzene rings is 1. The average molecular weight is 402 g/mol. The van der Waals surface area contributed by atoms with Crippen molar-refractivity contribution in [3.05, 3.63) is 33.4 Å². The molecule has 3 aliphatic rings. The third kappa shape index (κ3) is 2.50. The molecule has 1 saturated carbocycles. The Kier molecular flexibility index (Phi) is 3.91. The van der Waals surface area contributed by atoms with Gasteiger partial charge in [-0.15, -0.1) is 0 Å².